The van der Waals surface area contributed by atoms with E-state index in [1.165, 1.54) is 5.57 Å². The molecule has 172 valence electrons. The SMILES string of the molecule is CCCCC[C@H](O)/C=C/C(=C/C1CCC(CCCC(=O)O)CC1)Cc1cccc(O)c1. The van der Waals surface area contributed by atoms with Crippen molar-refractivity contribution >= 4 is 5.97 Å². The van der Waals surface area contributed by atoms with E-state index in [2.05, 4.69) is 19.1 Å². The zero-order chi connectivity index (χ0) is 22.5. The van der Waals surface area contributed by atoms with Gasteiger partial charge in [0.25, 0.3) is 0 Å². The molecule has 0 bridgehead atoms. The predicted molar refractivity (Wildman–Crippen MR) is 126 cm³/mol. The lowest BCUT2D eigenvalue weighted by Gasteiger charge is -2.27. The van der Waals surface area contributed by atoms with Crippen LogP contribution in [0.15, 0.2) is 48.1 Å². The number of carbonyl (C=O) groups is 1. The smallest absolute Gasteiger partial charge is 0.303 e. The van der Waals surface area contributed by atoms with Gasteiger partial charge in [-0.3, -0.25) is 4.79 Å². The van der Waals surface area contributed by atoms with Crippen molar-refractivity contribution in [1.29, 1.82) is 0 Å². The van der Waals surface area contributed by atoms with Crippen molar-refractivity contribution in [2.45, 2.75) is 90.1 Å². The van der Waals surface area contributed by atoms with Gasteiger partial charge in [0.05, 0.1) is 6.10 Å². The lowest BCUT2D eigenvalue weighted by Crippen LogP contribution is -2.14. The van der Waals surface area contributed by atoms with Crippen molar-refractivity contribution in [2.24, 2.45) is 11.8 Å². The summed E-state index contributed by atoms with van der Waals surface area (Å²) in [7, 11) is 0. The van der Waals surface area contributed by atoms with E-state index in [0.29, 0.717) is 11.8 Å². The largest absolute Gasteiger partial charge is 0.508 e. The number of phenolic OH excluding ortho intramolecular Hbond substituents is 1. The van der Waals surface area contributed by atoms with Crippen LogP contribution in [0.4, 0.5) is 0 Å². The number of allylic oxidation sites excluding steroid dienone is 3. The first-order valence-electron chi connectivity index (χ1n) is 12.0. The number of hydrogen-bond donors (Lipinski definition) is 3. The van der Waals surface area contributed by atoms with Crippen LogP contribution in [0.25, 0.3) is 0 Å². The van der Waals surface area contributed by atoms with Crippen molar-refractivity contribution in [3.63, 3.8) is 0 Å². The first-order valence-corrected chi connectivity index (χ1v) is 12.0. The Morgan fingerprint density at radius 3 is 2.61 bits per heavy atom. The molecule has 4 heteroatoms. The van der Waals surface area contributed by atoms with Crippen molar-refractivity contribution < 1.29 is 20.1 Å². The van der Waals surface area contributed by atoms with Gasteiger partial charge >= 0.3 is 5.97 Å². The third-order valence-corrected chi connectivity index (χ3v) is 6.30. The topological polar surface area (TPSA) is 77.8 Å². The Bertz CT molecular complexity index is 714. The Hall–Kier alpha value is -2.07. The lowest BCUT2D eigenvalue weighted by molar-refractivity contribution is -0.137. The highest BCUT2D eigenvalue weighted by atomic mass is 16.4. The van der Waals surface area contributed by atoms with E-state index in [0.717, 1.165) is 76.2 Å². The van der Waals surface area contributed by atoms with E-state index in [1.54, 1.807) is 12.1 Å². The third kappa shape index (κ3) is 10.7. The number of aromatic hydroxyl groups is 1. The minimum absolute atomic E-state index is 0.277. The molecule has 1 fully saturated rings. The highest BCUT2D eigenvalue weighted by molar-refractivity contribution is 5.66. The molecule has 0 aromatic heterocycles. The van der Waals surface area contributed by atoms with E-state index < -0.39 is 12.1 Å². The molecule has 1 aromatic rings. The molecule has 1 aliphatic rings. The van der Waals surface area contributed by atoms with Gasteiger partial charge in [-0.1, -0.05) is 56.5 Å². The second kappa shape index (κ2) is 14.1. The minimum atomic E-state index is -0.697. The van der Waals surface area contributed by atoms with Gasteiger partial charge in [-0.2, -0.15) is 0 Å². The summed E-state index contributed by atoms with van der Waals surface area (Å²) < 4.78 is 0. The average Bonchev–Trinajstić information content (AvgIpc) is 2.73. The summed E-state index contributed by atoms with van der Waals surface area (Å²) >= 11 is 0. The zero-order valence-corrected chi connectivity index (χ0v) is 19.0. The van der Waals surface area contributed by atoms with E-state index in [9.17, 15) is 15.0 Å². The second-order valence-corrected chi connectivity index (χ2v) is 9.08. The van der Waals surface area contributed by atoms with Crippen LogP contribution in [0.5, 0.6) is 5.75 Å². The fraction of sp³-hybridized carbons (Fsp3) is 0.593. The highest BCUT2D eigenvalue weighted by Gasteiger charge is 2.20. The lowest BCUT2D eigenvalue weighted by atomic mass is 9.79. The highest BCUT2D eigenvalue weighted by Crippen LogP contribution is 2.33. The van der Waals surface area contributed by atoms with Gasteiger partial charge in [-0.15, -0.1) is 0 Å². The molecule has 0 heterocycles. The summed E-state index contributed by atoms with van der Waals surface area (Å²) in [6, 6.07) is 7.39. The van der Waals surface area contributed by atoms with Crippen LogP contribution in [0.3, 0.4) is 0 Å². The molecule has 0 aliphatic heterocycles. The van der Waals surface area contributed by atoms with Crippen molar-refractivity contribution in [3.05, 3.63) is 53.6 Å². The quantitative estimate of drug-likeness (QED) is 0.250. The number of carboxylic acid groups (broad SMARTS) is 1. The Balaban J connectivity index is 1.97. The summed E-state index contributed by atoms with van der Waals surface area (Å²) in [5, 5.41) is 28.9. The van der Waals surface area contributed by atoms with Crippen LogP contribution in [0.1, 0.15) is 83.1 Å². The Labute approximate surface area is 187 Å². The van der Waals surface area contributed by atoms with Crippen LogP contribution in [0.2, 0.25) is 0 Å². The maximum absolute atomic E-state index is 10.7. The first-order chi connectivity index (χ1) is 15.0. The van der Waals surface area contributed by atoms with Crippen molar-refractivity contribution in [2.75, 3.05) is 0 Å². The molecule has 4 nitrogen and oxygen atoms in total. The van der Waals surface area contributed by atoms with Crippen molar-refractivity contribution in [1.82, 2.24) is 0 Å². The molecular formula is C27H40O4. The molecule has 1 aliphatic carbocycles. The van der Waals surface area contributed by atoms with Gasteiger partial charge in [0.15, 0.2) is 0 Å². The van der Waals surface area contributed by atoms with Gasteiger partial charge in [0, 0.05) is 6.42 Å². The second-order valence-electron chi connectivity index (χ2n) is 9.08. The molecule has 0 radical (unpaired) electrons. The number of unbranched alkanes of at least 4 members (excludes halogenated alkanes) is 2. The van der Waals surface area contributed by atoms with Crippen LogP contribution in [0, 0.1) is 11.8 Å². The average molecular weight is 429 g/mol. The van der Waals surface area contributed by atoms with E-state index in [4.69, 9.17) is 5.11 Å². The van der Waals surface area contributed by atoms with Gasteiger partial charge in [0.1, 0.15) is 5.75 Å². The van der Waals surface area contributed by atoms with Crippen LogP contribution < -0.4 is 0 Å². The summed E-state index contributed by atoms with van der Waals surface area (Å²) in [4.78, 5) is 10.7. The number of benzene rings is 1. The zero-order valence-electron chi connectivity index (χ0n) is 19.0. The molecule has 1 aromatic carbocycles. The number of phenols is 1. The predicted octanol–water partition coefficient (Wildman–Crippen LogP) is 6.42. The molecule has 0 spiro atoms. The van der Waals surface area contributed by atoms with Crippen LogP contribution in [-0.4, -0.2) is 27.4 Å². The van der Waals surface area contributed by atoms with Gasteiger partial charge in [-0.25, -0.2) is 0 Å². The van der Waals surface area contributed by atoms with E-state index in [-0.39, 0.29) is 12.2 Å². The maximum Gasteiger partial charge on any atom is 0.303 e. The molecule has 31 heavy (non-hydrogen) atoms. The number of aliphatic hydroxyl groups excluding tert-OH is 1. The Kier molecular flexibility index (Phi) is 11.4. The van der Waals surface area contributed by atoms with E-state index in [1.807, 2.05) is 18.2 Å². The Morgan fingerprint density at radius 1 is 1.16 bits per heavy atom. The number of rotatable bonds is 13. The first kappa shape index (κ1) is 25.2. The summed E-state index contributed by atoms with van der Waals surface area (Å²) in [5.74, 6) is 0.749. The number of aliphatic carboxylic acids is 1. The molecule has 0 saturated heterocycles. The normalized spacial score (nSPS) is 20.8. The Morgan fingerprint density at radius 2 is 1.94 bits per heavy atom. The molecule has 0 amide bonds. The van der Waals surface area contributed by atoms with Gasteiger partial charge < -0.3 is 15.3 Å². The molecule has 1 saturated carbocycles. The van der Waals surface area contributed by atoms with E-state index >= 15 is 0 Å². The summed E-state index contributed by atoms with van der Waals surface area (Å²) in [6.45, 7) is 2.17. The fourth-order valence-corrected chi connectivity index (χ4v) is 4.50. The monoisotopic (exact) mass is 428 g/mol. The van der Waals surface area contributed by atoms with Crippen LogP contribution >= 0.6 is 0 Å². The maximum atomic E-state index is 10.7. The summed E-state index contributed by atoms with van der Waals surface area (Å²) in [5.41, 5.74) is 2.26. The van der Waals surface area contributed by atoms with Gasteiger partial charge in [0.2, 0.25) is 0 Å². The summed E-state index contributed by atoms with van der Waals surface area (Å²) in [6.07, 6.45) is 17.5. The van der Waals surface area contributed by atoms with Crippen LogP contribution in [-0.2, 0) is 11.2 Å². The molecule has 0 unspecified atom stereocenters. The third-order valence-electron chi connectivity index (χ3n) is 6.30. The van der Waals surface area contributed by atoms with Gasteiger partial charge in [-0.05, 0) is 86.5 Å². The number of carboxylic acids is 1. The molecule has 1 atom stereocenters. The number of aliphatic hydroxyl groups is 1. The molecule has 3 N–H and O–H groups in total. The minimum Gasteiger partial charge on any atom is -0.508 e. The fourth-order valence-electron chi connectivity index (χ4n) is 4.50. The standard InChI is InChI=1S/C27H40O4/c1-2-3-4-9-25(28)17-16-24(19-23-8-5-10-26(29)20-23)18-22-14-12-21(13-15-22)7-6-11-27(30)31/h5,8,10,16-18,20-22,25,28-29H,2-4,6-7,9,11-15,19H2,1H3,(H,30,31)/b17-16+,24-18-/t21?,22?,25-/m0/s1. The number of hydrogen-bond acceptors (Lipinski definition) is 3. The molecule has 2 rings (SSSR count). The molecular weight excluding hydrogens is 388 g/mol. The van der Waals surface area contributed by atoms with Crippen molar-refractivity contribution in [3.8, 4) is 5.75 Å².